The van der Waals surface area contributed by atoms with Gasteiger partial charge in [0, 0.05) is 24.7 Å². The summed E-state index contributed by atoms with van der Waals surface area (Å²) in [4.78, 5) is 23.6. The molecular formula is C19H18N4O. The Balaban J connectivity index is 1.55. The number of pyridine rings is 2. The maximum absolute atomic E-state index is 12.6. The molecule has 0 aliphatic carbocycles. The highest BCUT2D eigenvalue weighted by atomic mass is 16.1. The minimum absolute atomic E-state index is 0.149. The second-order valence-corrected chi connectivity index (χ2v) is 5.93. The SMILES string of the molecule is O=C(Nc1ccc(N2CCCC2)nc1)c1ccnc2ccccc12. The van der Waals surface area contributed by atoms with Gasteiger partial charge in [0.25, 0.3) is 5.91 Å². The van der Waals surface area contributed by atoms with E-state index in [4.69, 9.17) is 0 Å². The molecule has 0 bridgehead atoms. The predicted molar refractivity (Wildman–Crippen MR) is 95.4 cm³/mol. The quantitative estimate of drug-likeness (QED) is 0.803. The van der Waals surface area contributed by atoms with E-state index in [2.05, 4.69) is 20.2 Å². The average Bonchev–Trinajstić information content (AvgIpc) is 3.16. The molecule has 1 amide bonds. The van der Waals surface area contributed by atoms with Gasteiger partial charge < -0.3 is 10.2 Å². The number of fused-ring (bicyclic) bond motifs is 1. The third-order valence-corrected chi connectivity index (χ3v) is 4.33. The summed E-state index contributed by atoms with van der Waals surface area (Å²) in [6.07, 6.45) is 5.81. The number of carbonyl (C=O) groups excluding carboxylic acids is 1. The van der Waals surface area contributed by atoms with E-state index >= 15 is 0 Å². The van der Waals surface area contributed by atoms with Gasteiger partial charge in [0.2, 0.25) is 0 Å². The maximum Gasteiger partial charge on any atom is 0.256 e. The topological polar surface area (TPSA) is 58.1 Å². The number of benzene rings is 1. The third kappa shape index (κ3) is 2.80. The second kappa shape index (κ2) is 6.28. The van der Waals surface area contributed by atoms with Gasteiger partial charge in [-0.2, -0.15) is 0 Å². The fourth-order valence-electron chi connectivity index (χ4n) is 3.09. The first-order chi connectivity index (χ1) is 11.8. The van der Waals surface area contributed by atoms with Crippen LogP contribution in [-0.2, 0) is 0 Å². The Morgan fingerprint density at radius 3 is 2.62 bits per heavy atom. The lowest BCUT2D eigenvalue weighted by molar-refractivity contribution is 0.102. The number of hydrogen-bond donors (Lipinski definition) is 1. The van der Waals surface area contributed by atoms with E-state index in [1.165, 1.54) is 12.8 Å². The molecular weight excluding hydrogens is 300 g/mol. The van der Waals surface area contributed by atoms with Gasteiger partial charge in [0.15, 0.2) is 0 Å². The number of hydrogen-bond acceptors (Lipinski definition) is 4. The van der Waals surface area contributed by atoms with Crippen LogP contribution in [-0.4, -0.2) is 29.0 Å². The van der Waals surface area contributed by atoms with Crippen LogP contribution in [0.5, 0.6) is 0 Å². The lowest BCUT2D eigenvalue weighted by Crippen LogP contribution is -2.19. The molecule has 120 valence electrons. The van der Waals surface area contributed by atoms with Gasteiger partial charge in [-0.25, -0.2) is 4.98 Å². The monoisotopic (exact) mass is 318 g/mol. The fraction of sp³-hybridized carbons (Fsp3) is 0.211. The van der Waals surface area contributed by atoms with E-state index in [9.17, 15) is 4.79 Å². The molecule has 1 aromatic carbocycles. The van der Waals surface area contributed by atoms with Crippen molar-refractivity contribution in [2.75, 3.05) is 23.3 Å². The van der Waals surface area contributed by atoms with Gasteiger partial charge in [-0.1, -0.05) is 18.2 Å². The molecule has 5 heteroatoms. The van der Waals surface area contributed by atoms with Gasteiger partial charge in [-0.05, 0) is 37.1 Å². The van der Waals surface area contributed by atoms with Gasteiger partial charge in [0.1, 0.15) is 5.82 Å². The van der Waals surface area contributed by atoms with Crippen LogP contribution in [0.1, 0.15) is 23.2 Å². The van der Waals surface area contributed by atoms with Crippen LogP contribution in [0.2, 0.25) is 0 Å². The standard InChI is InChI=1S/C19H18N4O/c24-19(16-9-10-20-17-6-2-1-5-15(16)17)22-14-7-8-18(21-13-14)23-11-3-4-12-23/h1-2,5-10,13H,3-4,11-12H2,(H,22,24). The van der Waals surface area contributed by atoms with Crippen LogP contribution in [0.15, 0.2) is 54.9 Å². The first-order valence-electron chi connectivity index (χ1n) is 8.17. The Hall–Kier alpha value is -2.95. The fourth-order valence-corrected chi connectivity index (χ4v) is 3.09. The minimum atomic E-state index is -0.149. The number of aromatic nitrogens is 2. The summed E-state index contributed by atoms with van der Waals surface area (Å²) in [7, 11) is 0. The first kappa shape index (κ1) is 14.6. The van der Waals surface area contributed by atoms with Crippen molar-refractivity contribution in [3.05, 3.63) is 60.4 Å². The summed E-state index contributed by atoms with van der Waals surface area (Å²) < 4.78 is 0. The highest BCUT2D eigenvalue weighted by Gasteiger charge is 2.14. The highest BCUT2D eigenvalue weighted by molar-refractivity contribution is 6.12. The van der Waals surface area contributed by atoms with Crippen molar-refractivity contribution in [1.29, 1.82) is 0 Å². The van der Waals surface area contributed by atoms with Crippen LogP contribution >= 0.6 is 0 Å². The van der Waals surface area contributed by atoms with Crippen molar-refractivity contribution in [2.45, 2.75) is 12.8 Å². The summed E-state index contributed by atoms with van der Waals surface area (Å²) in [6.45, 7) is 2.11. The zero-order chi connectivity index (χ0) is 16.4. The Morgan fingerprint density at radius 2 is 1.83 bits per heavy atom. The van der Waals surface area contributed by atoms with E-state index in [1.54, 1.807) is 18.5 Å². The van der Waals surface area contributed by atoms with Crippen LogP contribution in [0.4, 0.5) is 11.5 Å². The summed E-state index contributed by atoms with van der Waals surface area (Å²) in [5.41, 5.74) is 2.13. The number of nitrogens with zero attached hydrogens (tertiary/aromatic N) is 3. The molecule has 1 fully saturated rings. The molecule has 2 aromatic heterocycles. The average molecular weight is 318 g/mol. The number of anilines is 2. The molecule has 0 radical (unpaired) electrons. The van der Waals surface area contributed by atoms with Crippen LogP contribution in [0.25, 0.3) is 10.9 Å². The lowest BCUT2D eigenvalue weighted by Gasteiger charge is -2.16. The van der Waals surface area contributed by atoms with Gasteiger partial charge >= 0.3 is 0 Å². The van der Waals surface area contributed by atoms with Crippen molar-refractivity contribution >= 4 is 28.3 Å². The van der Waals surface area contributed by atoms with E-state index in [0.29, 0.717) is 11.3 Å². The van der Waals surface area contributed by atoms with Crippen molar-refractivity contribution in [1.82, 2.24) is 9.97 Å². The Morgan fingerprint density at radius 1 is 1.00 bits per heavy atom. The molecule has 0 unspecified atom stereocenters. The Bertz CT molecular complexity index is 865. The Kier molecular flexibility index (Phi) is 3.83. The smallest absolute Gasteiger partial charge is 0.256 e. The van der Waals surface area contributed by atoms with Crippen molar-refractivity contribution < 1.29 is 4.79 Å². The van der Waals surface area contributed by atoms with E-state index in [1.807, 2.05) is 36.4 Å². The summed E-state index contributed by atoms with van der Waals surface area (Å²) >= 11 is 0. The van der Waals surface area contributed by atoms with Gasteiger partial charge in [-0.15, -0.1) is 0 Å². The predicted octanol–water partition coefficient (Wildman–Crippen LogP) is 3.48. The number of para-hydroxylation sites is 1. The zero-order valence-electron chi connectivity index (χ0n) is 13.3. The van der Waals surface area contributed by atoms with E-state index in [0.717, 1.165) is 29.8 Å². The normalized spacial score (nSPS) is 14.1. The second-order valence-electron chi connectivity index (χ2n) is 5.93. The molecule has 3 heterocycles. The first-order valence-corrected chi connectivity index (χ1v) is 8.17. The molecule has 1 N–H and O–H groups in total. The molecule has 0 saturated carbocycles. The molecule has 5 nitrogen and oxygen atoms in total. The summed E-state index contributed by atoms with van der Waals surface area (Å²) in [5.74, 6) is 0.823. The highest BCUT2D eigenvalue weighted by Crippen LogP contribution is 2.21. The number of amides is 1. The molecule has 1 saturated heterocycles. The number of rotatable bonds is 3. The molecule has 0 atom stereocenters. The summed E-state index contributed by atoms with van der Waals surface area (Å²) in [6, 6.07) is 13.2. The minimum Gasteiger partial charge on any atom is -0.357 e. The van der Waals surface area contributed by atoms with Crippen LogP contribution in [0, 0.1) is 0 Å². The molecule has 0 spiro atoms. The third-order valence-electron chi connectivity index (χ3n) is 4.33. The maximum atomic E-state index is 12.6. The van der Waals surface area contributed by atoms with Crippen molar-refractivity contribution in [2.24, 2.45) is 0 Å². The molecule has 3 aromatic rings. The molecule has 4 rings (SSSR count). The number of carbonyl (C=O) groups is 1. The number of nitrogens with one attached hydrogen (secondary N) is 1. The molecule has 24 heavy (non-hydrogen) atoms. The van der Waals surface area contributed by atoms with Crippen molar-refractivity contribution in [3.63, 3.8) is 0 Å². The lowest BCUT2D eigenvalue weighted by atomic mass is 10.1. The van der Waals surface area contributed by atoms with Crippen molar-refractivity contribution in [3.8, 4) is 0 Å². The Labute approximate surface area is 140 Å². The van der Waals surface area contributed by atoms with E-state index in [-0.39, 0.29) is 5.91 Å². The van der Waals surface area contributed by atoms with Crippen LogP contribution < -0.4 is 10.2 Å². The van der Waals surface area contributed by atoms with Gasteiger partial charge in [-0.3, -0.25) is 9.78 Å². The molecule has 1 aliphatic heterocycles. The zero-order valence-corrected chi connectivity index (χ0v) is 13.3. The van der Waals surface area contributed by atoms with E-state index < -0.39 is 0 Å². The molecule has 1 aliphatic rings. The summed E-state index contributed by atoms with van der Waals surface area (Å²) in [5, 5.41) is 3.77. The van der Waals surface area contributed by atoms with Gasteiger partial charge in [0.05, 0.1) is 23.0 Å². The van der Waals surface area contributed by atoms with Crippen LogP contribution in [0.3, 0.4) is 0 Å². The largest absolute Gasteiger partial charge is 0.357 e.